The highest BCUT2D eigenvalue weighted by atomic mass is 32.2. The normalized spacial score (nSPS) is 33.5. The Morgan fingerprint density at radius 2 is 2.00 bits per heavy atom. The van der Waals surface area contributed by atoms with Crippen LogP contribution in [0.15, 0.2) is 0 Å². The third kappa shape index (κ3) is 3.70. The fraction of sp³-hybridized carbons (Fsp3) is 1.00. The van der Waals surface area contributed by atoms with Crippen molar-refractivity contribution in [3.8, 4) is 0 Å². The van der Waals surface area contributed by atoms with Gasteiger partial charge in [0.05, 0.1) is 5.75 Å². The zero-order valence-corrected chi connectivity index (χ0v) is 13.3. The quantitative estimate of drug-likeness (QED) is 0.800. The highest BCUT2D eigenvalue weighted by molar-refractivity contribution is 7.91. The van der Waals surface area contributed by atoms with Crippen LogP contribution in [0.1, 0.15) is 40.0 Å². The van der Waals surface area contributed by atoms with Crippen molar-refractivity contribution in [1.82, 2.24) is 10.2 Å². The van der Waals surface area contributed by atoms with Gasteiger partial charge >= 0.3 is 0 Å². The Balaban J connectivity index is 1.98. The Morgan fingerprint density at radius 3 is 2.53 bits per heavy atom. The predicted octanol–water partition coefficient (Wildman–Crippen LogP) is 1.27. The second-order valence-corrected chi connectivity index (χ2v) is 8.81. The van der Waals surface area contributed by atoms with Gasteiger partial charge in [0.1, 0.15) is 0 Å². The van der Waals surface area contributed by atoms with Crippen LogP contribution in [0.25, 0.3) is 0 Å². The van der Waals surface area contributed by atoms with E-state index in [0.29, 0.717) is 18.3 Å². The summed E-state index contributed by atoms with van der Waals surface area (Å²) in [4.78, 5) is 2.40. The molecule has 2 atom stereocenters. The molecule has 1 aliphatic heterocycles. The van der Waals surface area contributed by atoms with E-state index < -0.39 is 9.84 Å². The summed E-state index contributed by atoms with van der Waals surface area (Å²) in [5, 5.41) is 3.71. The summed E-state index contributed by atoms with van der Waals surface area (Å²) in [5.41, 5.74) is 0.196. The van der Waals surface area contributed by atoms with Crippen LogP contribution >= 0.6 is 0 Å². The average Bonchev–Trinajstić information content (AvgIpc) is 3.21. The zero-order valence-electron chi connectivity index (χ0n) is 12.5. The smallest absolute Gasteiger partial charge is 0.151 e. The number of sulfone groups is 1. The zero-order chi connectivity index (χ0) is 14.1. The van der Waals surface area contributed by atoms with Crippen molar-refractivity contribution in [2.24, 2.45) is 5.92 Å². The molecule has 2 unspecified atom stereocenters. The second-order valence-electron chi connectivity index (χ2n) is 6.34. The SMILES string of the molecule is CCC1CNC(C)(C2CC2)CN1CCS(=O)(=O)CC. The van der Waals surface area contributed by atoms with E-state index in [1.807, 2.05) is 0 Å². The Hall–Kier alpha value is -0.130. The minimum atomic E-state index is -2.85. The number of nitrogens with zero attached hydrogens (tertiary/aromatic N) is 1. The fourth-order valence-electron chi connectivity index (χ4n) is 3.15. The van der Waals surface area contributed by atoms with Crippen LogP contribution in [0.4, 0.5) is 0 Å². The lowest BCUT2D eigenvalue weighted by Gasteiger charge is -2.46. The summed E-state index contributed by atoms with van der Waals surface area (Å²) in [6.45, 7) is 8.91. The third-order valence-electron chi connectivity index (χ3n) is 4.87. The minimum Gasteiger partial charge on any atom is -0.308 e. The van der Waals surface area contributed by atoms with E-state index in [0.717, 1.165) is 25.4 Å². The molecule has 0 spiro atoms. The van der Waals surface area contributed by atoms with E-state index >= 15 is 0 Å². The monoisotopic (exact) mass is 288 g/mol. The number of hydrogen-bond acceptors (Lipinski definition) is 4. The van der Waals surface area contributed by atoms with Crippen molar-refractivity contribution in [2.75, 3.05) is 31.1 Å². The van der Waals surface area contributed by atoms with Crippen LogP contribution in [0, 0.1) is 5.92 Å². The molecule has 19 heavy (non-hydrogen) atoms. The molecule has 0 aromatic heterocycles. The molecule has 1 N–H and O–H groups in total. The maximum absolute atomic E-state index is 11.7. The Labute approximate surface area is 117 Å². The van der Waals surface area contributed by atoms with Crippen molar-refractivity contribution in [2.45, 2.75) is 51.6 Å². The lowest BCUT2D eigenvalue weighted by Crippen LogP contribution is -2.64. The molecule has 0 aromatic carbocycles. The summed E-state index contributed by atoms with van der Waals surface area (Å²) in [6, 6.07) is 0.485. The molecule has 1 saturated carbocycles. The average molecular weight is 288 g/mol. The number of rotatable bonds is 6. The van der Waals surface area contributed by atoms with Gasteiger partial charge in [-0.05, 0) is 32.1 Å². The Kier molecular flexibility index (Phi) is 4.58. The first-order chi connectivity index (χ1) is 8.90. The van der Waals surface area contributed by atoms with E-state index in [2.05, 4.69) is 24.1 Å². The molecular weight excluding hydrogens is 260 g/mol. The van der Waals surface area contributed by atoms with Gasteiger partial charge in [-0.15, -0.1) is 0 Å². The van der Waals surface area contributed by atoms with Gasteiger partial charge in [0.25, 0.3) is 0 Å². The Bertz CT molecular complexity index is 406. The molecule has 0 amide bonds. The van der Waals surface area contributed by atoms with Gasteiger partial charge in [-0.1, -0.05) is 13.8 Å². The minimum absolute atomic E-state index is 0.196. The summed E-state index contributed by atoms with van der Waals surface area (Å²) >= 11 is 0. The third-order valence-corrected chi connectivity index (χ3v) is 6.55. The highest BCUT2D eigenvalue weighted by Crippen LogP contribution is 2.41. The molecule has 112 valence electrons. The van der Waals surface area contributed by atoms with Gasteiger partial charge in [0.15, 0.2) is 9.84 Å². The van der Waals surface area contributed by atoms with E-state index in [1.54, 1.807) is 6.92 Å². The standard InChI is InChI=1S/C14H28N2O2S/c1-4-13-10-15-14(3,12-6-7-12)11-16(13)8-9-19(17,18)5-2/h12-13,15H,4-11H2,1-3H3. The molecule has 0 radical (unpaired) electrons. The fourth-order valence-corrected chi connectivity index (χ4v) is 3.95. The first-order valence-electron chi connectivity index (χ1n) is 7.59. The van der Waals surface area contributed by atoms with E-state index in [9.17, 15) is 8.42 Å². The second kappa shape index (κ2) is 5.70. The Morgan fingerprint density at radius 1 is 1.32 bits per heavy atom. The van der Waals surface area contributed by atoms with Crippen LogP contribution in [0.5, 0.6) is 0 Å². The molecule has 0 bridgehead atoms. The van der Waals surface area contributed by atoms with E-state index in [1.165, 1.54) is 12.8 Å². The summed E-state index contributed by atoms with van der Waals surface area (Å²) in [7, 11) is -2.85. The van der Waals surface area contributed by atoms with Gasteiger partial charge in [0.2, 0.25) is 0 Å². The van der Waals surface area contributed by atoms with Gasteiger partial charge < -0.3 is 5.32 Å². The first-order valence-corrected chi connectivity index (χ1v) is 9.42. The summed E-state index contributed by atoms with van der Waals surface area (Å²) in [5.74, 6) is 1.35. The molecule has 4 nitrogen and oxygen atoms in total. The summed E-state index contributed by atoms with van der Waals surface area (Å²) < 4.78 is 23.4. The van der Waals surface area contributed by atoms with Gasteiger partial charge in [-0.3, -0.25) is 4.90 Å². The van der Waals surface area contributed by atoms with Crippen molar-refractivity contribution < 1.29 is 8.42 Å². The summed E-state index contributed by atoms with van der Waals surface area (Å²) in [6.07, 6.45) is 3.72. The van der Waals surface area contributed by atoms with Crippen LogP contribution < -0.4 is 5.32 Å². The molecule has 0 aromatic rings. The molecule has 1 aliphatic carbocycles. The molecule has 5 heteroatoms. The lowest BCUT2D eigenvalue weighted by atomic mass is 9.90. The molecule has 2 aliphatic rings. The molecule has 1 heterocycles. The number of hydrogen-bond donors (Lipinski definition) is 1. The maximum Gasteiger partial charge on any atom is 0.151 e. The van der Waals surface area contributed by atoms with Crippen molar-refractivity contribution in [3.63, 3.8) is 0 Å². The molecule has 2 fully saturated rings. The molecule has 2 rings (SSSR count). The van der Waals surface area contributed by atoms with Gasteiger partial charge in [-0.2, -0.15) is 0 Å². The van der Waals surface area contributed by atoms with Crippen LogP contribution in [0.3, 0.4) is 0 Å². The predicted molar refractivity (Wildman–Crippen MR) is 79.1 cm³/mol. The van der Waals surface area contributed by atoms with Crippen molar-refractivity contribution in [1.29, 1.82) is 0 Å². The highest BCUT2D eigenvalue weighted by Gasteiger charge is 2.45. The number of nitrogens with one attached hydrogen (secondary N) is 1. The largest absolute Gasteiger partial charge is 0.308 e. The lowest BCUT2D eigenvalue weighted by molar-refractivity contribution is 0.0784. The van der Waals surface area contributed by atoms with Crippen LogP contribution in [-0.2, 0) is 9.84 Å². The van der Waals surface area contributed by atoms with Gasteiger partial charge in [0, 0.05) is 37.0 Å². The maximum atomic E-state index is 11.7. The van der Waals surface area contributed by atoms with Crippen molar-refractivity contribution >= 4 is 9.84 Å². The van der Waals surface area contributed by atoms with Crippen molar-refractivity contribution in [3.05, 3.63) is 0 Å². The van der Waals surface area contributed by atoms with Crippen LogP contribution in [-0.4, -0.2) is 56.0 Å². The van der Waals surface area contributed by atoms with Gasteiger partial charge in [-0.25, -0.2) is 8.42 Å². The topological polar surface area (TPSA) is 49.4 Å². The van der Waals surface area contributed by atoms with E-state index in [-0.39, 0.29) is 11.3 Å². The molecular formula is C14H28N2O2S. The first kappa shape index (κ1) is 15.3. The number of piperazine rings is 1. The van der Waals surface area contributed by atoms with Crippen LogP contribution in [0.2, 0.25) is 0 Å². The van der Waals surface area contributed by atoms with E-state index in [4.69, 9.17) is 0 Å². The molecule has 1 saturated heterocycles.